The minimum Gasteiger partial charge on any atom is -0.353 e. The molecule has 2 N–H and O–H groups in total. The fourth-order valence-corrected chi connectivity index (χ4v) is 2.45. The van der Waals surface area contributed by atoms with Gasteiger partial charge in [-0.3, -0.25) is 9.69 Å². The second-order valence-corrected chi connectivity index (χ2v) is 5.55. The highest BCUT2D eigenvalue weighted by molar-refractivity contribution is 5.78. The minimum atomic E-state index is 0.174. The van der Waals surface area contributed by atoms with E-state index in [9.17, 15) is 4.79 Å². The number of nitrogens with one attached hydrogen (secondary N) is 2. The van der Waals surface area contributed by atoms with Crippen molar-refractivity contribution in [1.29, 1.82) is 0 Å². The number of rotatable bonds is 7. The van der Waals surface area contributed by atoms with Crippen molar-refractivity contribution < 1.29 is 4.79 Å². The molecule has 0 aromatic heterocycles. The molecule has 4 heteroatoms. The van der Waals surface area contributed by atoms with Gasteiger partial charge in [0.2, 0.25) is 5.91 Å². The Morgan fingerprint density at radius 3 is 2.94 bits per heavy atom. The lowest BCUT2D eigenvalue weighted by Crippen LogP contribution is -2.52. The molecule has 1 unspecified atom stereocenters. The minimum absolute atomic E-state index is 0.174. The van der Waals surface area contributed by atoms with Gasteiger partial charge >= 0.3 is 0 Å². The van der Waals surface area contributed by atoms with Gasteiger partial charge in [-0.05, 0) is 20.3 Å². The molecule has 1 heterocycles. The van der Waals surface area contributed by atoms with Gasteiger partial charge in [0.15, 0.2) is 0 Å². The van der Waals surface area contributed by atoms with Gasteiger partial charge in [0, 0.05) is 31.7 Å². The average Bonchev–Trinajstić information content (AvgIpc) is 2.29. The summed E-state index contributed by atoms with van der Waals surface area (Å²) in [5.41, 5.74) is 0. The van der Waals surface area contributed by atoms with Gasteiger partial charge in [-0.1, -0.05) is 26.2 Å². The number of unbranched alkanes of at least 4 members (excludes halogenated alkanes) is 2. The Labute approximate surface area is 111 Å². The molecule has 0 bridgehead atoms. The van der Waals surface area contributed by atoms with Crippen LogP contribution < -0.4 is 10.6 Å². The highest BCUT2D eigenvalue weighted by atomic mass is 16.2. The third-order valence-electron chi connectivity index (χ3n) is 3.47. The normalized spacial score (nSPS) is 22.7. The first-order valence-electron chi connectivity index (χ1n) is 7.37. The Hall–Kier alpha value is -0.610. The summed E-state index contributed by atoms with van der Waals surface area (Å²) in [6.45, 7) is 9.95. The summed E-state index contributed by atoms with van der Waals surface area (Å²) in [6.07, 6.45) is 4.80. The second-order valence-electron chi connectivity index (χ2n) is 5.55. The van der Waals surface area contributed by atoms with Crippen LogP contribution in [0.5, 0.6) is 0 Å². The lowest BCUT2D eigenvalue weighted by molar-refractivity contribution is -0.123. The zero-order chi connectivity index (χ0) is 13.4. The summed E-state index contributed by atoms with van der Waals surface area (Å²) in [7, 11) is 0. The highest BCUT2D eigenvalue weighted by Gasteiger charge is 2.18. The van der Waals surface area contributed by atoms with Crippen LogP contribution in [0.2, 0.25) is 0 Å². The van der Waals surface area contributed by atoms with E-state index in [1.54, 1.807) is 0 Å². The first kappa shape index (κ1) is 15.4. The van der Waals surface area contributed by atoms with Crippen LogP contribution in [-0.4, -0.2) is 49.1 Å². The Morgan fingerprint density at radius 2 is 2.28 bits per heavy atom. The molecule has 18 heavy (non-hydrogen) atoms. The molecule has 0 aromatic rings. The average molecular weight is 255 g/mol. The Bertz CT molecular complexity index is 245. The van der Waals surface area contributed by atoms with Gasteiger partial charge in [-0.2, -0.15) is 0 Å². The molecule has 0 aromatic carbocycles. The second kappa shape index (κ2) is 8.48. The van der Waals surface area contributed by atoms with E-state index in [4.69, 9.17) is 0 Å². The standard InChI is InChI=1S/C14H29N3O/c1-4-5-6-7-12(2)16-14(18)11-17-9-8-15-13(3)10-17/h12-13,15H,4-11H2,1-3H3,(H,16,18)/t12?,13-/m0/s1. The van der Waals surface area contributed by atoms with E-state index in [0.717, 1.165) is 26.1 Å². The smallest absolute Gasteiger partial charge is 0.234 e. The van der Waals surface area contributed by atoms with Gasteiger partial charge in [0.05, 0.1) is 6.54 Å². The maximum absolute atomic E-state index is 11.9. The number of amides is 1. The molecule has 0 aliphatic carbocycles. The quantitative estimate of drug-likeness (QED) is 0.675. The van der Waals surface area contributed by atoms with Crippen molar-refractivity contribution in [2.75, 3.05) is 26.2 Å². The lowest BCUT2D eigenvalue weighted by atomic mass is 10.1. The topological polar surface area (TPSA) is 44.4 Å². The Morgan fingerprint density at radius 1 is 1.50 bits per heavy atom. The summed E-state index contributed by atoms with van der Waals surface area (Å²) < 4.78 is 0. The van der Waals surface area contributed by atoms with Crippen LogP contribution in [0.4, 0.5) is 0 Å². The number of piperazine rings is 1. The van der Waals surface area contributed by atoms with Gasteiger partial charge in [-0.15, -0.1) is 0 Å². The lowest BCUT2D eigenvalue weighted by Gasteiger charge is -2.31. The van der Waals surface area contributed by atoms with Crippen LogP contribution in [0.1, 0.15) is 46.5 Å². The maximum atomic E-state index is 11.9. The van der Waals surface area contributed by atoms with Crippen LogP contribution in [0, 0.1) is 0 Å². The molecule has 0 saturated carbocycles. The van der Waals surface area contributed by atoms with E-state index in [0.29, 0.717) is 18.6 Å². The fourth-order valence-electron chi connectivity index (χ4n) is 2.45. The van der Waals surface area contributed by atoms with E-state index in [2.05, 4.69) is 36.3 Å². The van der Waals surface area contributed by atoms with Crippen molar-refractivity contribution in [3.8, 4) is 0 Å². The van der Waals surface area contributed by atoms with Crippen LogP contribution >= 0.6 is 0 Å². The molecule has 1 aliphatic rings. The van der Waals surface area contributed by atoms with E-state index in [1.807, 2.05) is 0 Å². The van der Waals surface area contributed by atoms with Crippen molar-refractivity contribution >= 4 is 5.91 Å². The molecule has 1 aliphatic heterocycles. The van der Waals surface area contributed by atoms with Crippen molar-refractivity contribution in [2.45, 2.75) is 58.5 Å². The molecule has 0 radical (unpaired) electrons. The van der Waals surface area contributed by atoms with Gasteiger partial charge < -0.3 is 10.6 Å². The SMILES string of the molecule is CCCCCC(C)NC(=O)CN1CCN[C@@H](C)C1. The molecule has 0 spiro atoms. The zero-order valence-corrected chi connectivity index (χ0v) is 12.2. The van der Waals surface area contributed by atoms with E-state index < -0.39 is 0 Å². The molecular formula is C14H29N3O. The maximum Gasteiger partial charge on any atom is 0.234 e. The molecular weight excluding hydrogens is 226 g/mol. The van der Waals surface area contributed by atoms with Crippen molar-refractivity contribution in [1.82, 2.24) is 15.5 Å². The van der Waals surface area contributed by atoms with Gasteiger partial charge in [-0.25, -0.2) is 0 Å². The largest absolute Gasteiger partial charge is 0.353 e. The first-order valence-corrected chi connectivity index (χ1v) is 7.37. The number of carbonyl (C=O) groups is 1. The van der Waals surface area contributed by atoms with Crippen molar-refractivity contribution in [3.63, 3.8) is 0 Å². The number of hydrogen-bond donors (Lipinski definition) is 2. The van der Waals surface area contributed by atoms with E-state index in [1.165, 1.54) is 19.3 Å². The van der Waals surface area contributed by atoms with Crippen LogP contribution in [0.25, 0.3) is 0 Å². The van der Waals surface area contributed by atoms with Crippen LogP contribution in [0.3, 0.4) is 0 Å². The van der Waals surface area contributed by atoms with Gasteiger partial charge in [0.1, 0.15) is 0 Å². The molecule has 2 atom stereocenters. The first-order chi connectivity index (χ1) is 8.61. The summed E-state index contributed by atoms with van der Waals surface area (Å²) in [5, 5.41) is 6.49. The summed E-state index contributed by atoms with van der Waals surface area (Å²) in [5.74, 6) is 0.174. The van der Waals surface area contributed by atoms with Gasteiger partial charge in [0.25, 0.3) is 0 Å². The molecule has 1 rings (SSSR count). The monoisotopic (exact) mass is 255 g/mol. The zero-order valence-electron chi connectivity index (χ0n) is 12.2. The molecule has 1 amide bonds. The van der Waals surface area contributed by atoms with E-state index in [-0.39, 0.29) is 5.91 Å². The predicted octanol–water partition coefficient (Wildman–Crippen LogP) is 1.37. The Kier molecular flexibility index (Phi) is 7.28. The summed E-state index contributed by atoms with van der Waals surface area (Å²) in [4.78, 5) is 14.1. The third kappa shape index (κ3) is 6.36. The number of nitrogens with zero attached hydrogens (tertiary/aromatic N) is 1. The molecule has 1 saturated heterocycles. The highest BCUT2D eigenvalue weighted by Crippen LogP contribution is 2.03. The number of carbonyl (C=O) groups excluding carboxylic acids is 1. The number of hydrogen-bond acceptors (Lipinski definition) is 3. The third-order valence-corrected chi connectivity index (χ3v) is 3.47. The fraction of sp³-hybridized carbons (Fsp3) is 0.929. The Balaban J connectivity index is 2.15. The van der Waals surface area contributed by atoms with Crippen LogP contribution in [0.15, 0.2) is 0 Å². The van der Waals surface area contributed by atoms with Crippen molar-refractivity contribution in [2.24, 2.45) is 0 Å². The van der Waals surface area contributed by atoms with Crippen molar-refractivity contribution in [3.05, 3.63) is 0 Å². The van der Waals surface area contributed by atoms with Crippen LogP contribution in [-0.2, 0) is 4.79 Å². The molecule has 4 nitrogen and oxygen atoms in total. The summed E-state index contributed by atoms with van der Waals surface area (Å²) in [6, 6.07) is 0.804. The van der Waals surface area contributed by atoms with E-state index >= 15 is 0 Å². The molecule has 1 fully saturated rings. The predicted molar refractivity (Wildman–Crippen MR) is 75.7 cm³/mol. The molecule has 106 valence electrons. The summed E-state index contributed by atoms with van der Waals surface area (Å²) >= 11 is 0.